The number of furan rings is 1. The van der Waals surface area contributed by atoms with Gasteiger partial charge in [0.15, 0.2) is 5.76 Å². The lowest BCUT2D eigenvalue weighted by molar-refractivity contribution is -0.180. The van der Waals surface area contributed by atoms with Crippen LogP contribution >= 0.6 is 0 Å². The van der Waals surface area contributed by atoms with Gasteiger partial charge in [0.1, 0.15) is 18.3 Å². The molecule has 0 unspecified atom stereocenters. The summed E-state index contributed by atoms with van der Waals surface area (Å²) in [4.78, 5) is 29.2. The molecule has 3 aromatic rings. The lowest BCUT2D eigenvalue weighted by Gasteiger charge is -2.54. The van der Waals surface area contributed by atoms with Gasteiger partial charge in [0.25, 0.3) is 5.91 Å². The van der Waals surface area contributed by atoms with E-state index in [-0.39, 0.29) is 24.5 Å². The molecular weight excluding hydrogens is 368 g/mol. The van der Waals surface area contributed by atoms with Gasteiger partial charge in [-0.15, -0.1) is 0 Å². The van der Waals surface area contributed by atoms with Gasteiger partial charge in [-0.3, -0.25) is 9.59 Å². The molecular formula is C23H22N2O4. The average molecular weight is 390 g/mol. The summed E-state index contributed by atoms with van der Waals surface area (Å²) in [6.45, 7) is 0.951. The molecule has 29 heavy (non-hydrogen) atoms. The van der Waals surface area contributed by atoms with Gasteiger partial charge in [0.2, 0.25) is 5.91 Å². The van der Waals surface area contributed by atoms with Crippen LogP contribution in [0.3, 0.4) is 0 Å². The molecule has 6 heteroatoms. The largest absolute Gasteiger partial charge is 0.451 e. The minimum Gasteiger partial charge on any atom is -0.451 e. The third-order valence-electron chi connectivity index (χ3n) is 6.26. The predicted octanol–water partition coefficient (Wildman–Crippen LogP) is 3.03. The summed E-state index contributed by atoms with van der Waals surface area (Å²) in [5, 5.41) is 0.908. The van der Waals surface area contributed by atoms with Crippen molar-refractivity contribution in [3.63, 3.8) is 0 Å². The first kappa shape index (κ1) is 17.9. The van der Waals surface area contributed by atoms with Crippen molar-refractivity contribution in [3.05, 3.63) is 72.0 Å². The summed E-state index contributed by atoms with van der Waals surface area (Å²) < 4.78 is 11.8. The standard InChI is InChI=1S/C23H22N2O4/c1-24-21(26)15-28-20-14-25(12-11-23(20,24)17-8-3-2-4-9-17)22(27)19-13-16-7-5-6-10-18(16)29-19/h2-10,13,20H,11-12,14-15H2,1H3/t20-,23+/m1/s1. The third kappa shape index (κ3) is 2.75. The summed E-state index contributed by atoms with van der Waals surface area (Å²) in [5.74, 6) is 0.145. The molecule has 0 spiro atoms. The highest BCUT2D eigenvalue weighted by atomic mass is 16.5. The Hall–Kier alpha value is -3.12. The Bertz CT molecular complexity index is 1040. The minimum atomic E-state index is -0.568. The molecule has 0 radical (unpaired) electrons. The molecule has 2 saturated heterocycles. The second kappa shape index (κ2) is 6.74. The molecule has 6 nitrogen and oxygen atoms in total. The fourth-order valence-corrected chi connectivity index (χ4v) is 4.65. The van der Waals surface area contributed by atoms with Gasteiger partial charge in [-0.05, 0) is 24.1 Å². The van der Waals surface area contributed by atoms with Crippen LogP contribution in [-0.2, 0) is 15.1 Å². The molecule has 2 aliphatic heterocycles. The summed E-state index contributed by atoms with van der Waals surface area (Å²) in [6.07, 6.45) is 0.310. The Morgan fingerprint density at radius 1 is 1.10 bits per heavy atom. The van der Waals surface area contributed by atoms with Crippen molar-refractivity contribution in [3.8, 4) is 0 Å². The number of morpholine rings is 1. The number of benzene rings is 2. The van der Waals surface area contributed by atoms with Gasteiger partial charge < -0.3 is 19.0 Å². The number of hydrogen-bond donors (Lipinski definition) is 0. The maximum absolute atomic E-state index is 13.1. The fraction of sp³-hybridized carbons (Fsp3) is 0.304. The van der Waals surface area contributed by atoms with E-state index in [0.29, 0.717) is 30.9 Å². The second-order valence-corrected chi connectivity index (χ2v) is 7.69. The van der Waals surface area contributed by atoms with Crippen LogP contribution < -0.4 is 0 Å². The molecule has 2 amide bonds. The molecule has 148 valence electrons. The molecule has 0 aliphatic carbocycles. The van der Waals surface area contributed by atoms with Gasteiger partial charge in [0.05, 0.1) is 5.54 Å². The smallest absolute Gasteiger partial charge is 0.289 e. The number of likely N-dealkylation sites (tertiary alicyclic amines) is 1. The van der Waals surface area contributed by atoms with Crippen molar-refractivity contribution in [2.24, 2.45) is 0 Å². The van der Waals surface area contributed by atoms with Crippen LogP contribution in [0.25, 0.3) is 11.0 Å². The Kier molecular flexibility index (Phi) is 4.17. The van der Waals surface area contributed by atoms with E-state index >= 15 is 0 Å². The highest BCUT2D eigenvalue weighted by Crippen LogP contribution is 2.42. The van der Waals surface area contributed by atoms with E-state index in [1.165, 1.54) is 0 Å². The number of carbonyl (C=O) groups excluding carboxylic acids is 2. The summed E-state index contributed by atoms with van der Waals surface area (Å²) >= 11 is 0. The Balaban J connectivity index is 1.46. The number of piperidine rings is 1. The van der Waals surface area contributed by atoms with Crippen molar-refractivity contribution in [1.29, 1.82) is 0 Å². The second-order valence-electron chi connectivity index (χ2n) is 7.69. The zero-order valence-corrected chi connectivity index (χ0v) is 16.2. The Morgan fingerprint density at radius 2 is 1.86 bits per heavy atom. The number of carbonyl (C=O) groups is 2. The van der Waals surface area contributed by atoms with Gasteiger partial charge in [0, 0.05) is 25.5 Å². The number of amides is 2. The van der Waals surface area contributed by atoms with Crippen LogP contribution in [0.2, 0.25) is 0 Å². The van der Waals surface area contributed by atoms with Crippen molar-refractivity contribution in [1.82, 2.24) is 9.80 Å². The SMILES string of the molecule is CN1C(=O)CO[C@@H]2CN(C(=O)c3cc4ccccc4o3)CC[C@]21c1ccccc1. The maximum atomic E-state index is 13.1. The number of nitrogens with zero attached hydrogens (tertiary/aromatic N) is 2. The first-order valence-electron chi connectivity index (χ1n) is 9.81. The highest BCUT2D eigenvalue weighted by molar-refractivity contribution is 5.96. The zero-order chi connectivity index (χ0) is 20.0. The van der Waals surface area contributed by atoms with Crippen molar-refractivity contribution >= 4 is 22.8 Å². The molecule has 3 heterocycles. The van der Waals surface area contributed by atoms with Crippen LogP contribution in [0, 0.1) is 0 Å². The third-order valence-corrected chi connectivity index (χ3v) is 6.26. The van der Waals surface area contributed by atoms with E-state index in [1.807, 2.05) is 61.6 Å². The van der Waals surface area contributed by atoms with E-state index in [9.17, 15) is 9.59 Å². The molecule has 2 fully saturated rings. The van der Waals surface area contributed by atoms with E-state index in [4.69, 9.17) is 9.15 Å². The lowest BCUT2D eigenvalue weighted by Crippen LogP contribution is -2.67. The van der Waals surface area contributed by atoms with Crippen LogP contribution in [0.5, 0.6) is 0 Å². The van der Waals surface area contributed by atoms with Crippen molar-refractivity contribution < 1.29 is 18.7 Å². The number of hydrogen-bond acceptors (Lipinski definition) is 4. The normalized spacial score (nSPS) is 24.6. The number of ether oxygens (including phenoxy) is 1. The number of likely N-dealkylation sites (N-methyl/N-ethyl adjacent to an activating group) is 1. The zero-order valence-electron chi connectivity index (χ0n) is 16.2. The van der Waals surface area contributed by atoms with Gasteiger partial charge in [-0.1, -0.05) is 48.5 Å². The molecule has 5 rings (SSSR count). The molecule has 2 aliphatic rings. The van der Waals surface area contributed by atoms with Gasteiger partial charge in [-0.2, -0.15) is 0 Å². The van der Waals surface area contributed by atoms with Crippen LogP contribution in [-0.4, -0.2) is 54.5 Å². The van der Waals surface area contributed by atoms with E-state index in [1.54, 1.807) is 15.9 Å². The lowest BCUT2D eigenvalue weighted by atomic mass is 9.76. The molecule has 0 N–H and O–H groups in total. The quantitative estimate of drug-likeness (QED) is 0.675. The van der Waals surface area contributed by atoms with Crippen LogP contribution in [0.1, 0.15) is 22.5 Å². The Morgan fingerprint density at radius 3 is 2.66 bits per heavy atom. The molecule has 0 saturated carbocycles. The van der Waals surface area contributed by atoms with Gasteiger partial charge >= 0.3 is 0 Å². The molecule has 2 atom stereocenters. The Labute approximate surface area is 168 Å². The van der Waals surface area contributed by atoms with E-state index in [0.717, 1.165) is 10.9 Å². The molecule has 0 bridgehead atoms. The first-order chi connectivity index (χ1) is 14.1. The minimum absolute atomic E-state index is 0.0302. The summed E-state index contributed by atoms with van der Waals surface area (Å²) in [7, 11) is 1.83. The first-order valence-corrected chi connectivity index (χ1v) is 9.81. The topological polar surface area (TPSA) is 63.0 Å². The van der Waals surface area contributed by atoms with Crippen LogP contribution in [0.15, 0.2) is 65.1 Å². The maximum Gasteiger partial charge on any atom is 0.289 e. The fourth-order valence-electron chi connectivity index (χ4n) is 4.65. The molecule has 2 aromatic carbocycles. The number of para-hydroxylation sites is 1. The summed E-state index contributed by atoms with van der Waals surface area (Å²) in [6, 6.07) is 19.3. The average Bonchev–Trinajstić information content (AvgIpc) is 3.20. The summed E-state index contributed by atoms with van der Waals surface area (Å²) in [5.41, 5.74) is 1.17. The van der Waals surface area contributed by atoms with Gasteiger partial charge in [-0.25, -0.2) is 0 Å². The van der Waals surface area contributed by atoms with E-state index in [2.05, 4.69) is 0 Å². The van der Waals surface area contributed by atoms with E-state index < -0.39 is 5.54 Å². The van der Waals surface area contributed by atoms with Crippen molar-refractivity contribution in [2.75, 3.05) is 26.7 Å². The highest BCUT2D eigenvalue weighted by Gasteiger charge is 2.53. The van der Waals surface area contributed by atoms with Crippen LogP contribution in [0.4, 0.5) is 0 Å². The predicted molar refractivity (Wildman–Crippen MR) is 107 cm³/mol. The number of rotatable bonds is 2. The molecule has 1 aromatic heterocycles. The number of fused-ring (bicyclic) bond motifs is 2. The van der Waals surface area contributed by atoms with Crippen molar-refractivity contribution in [2.45, 2.75) is 18.1 Å². The monoisotopic (exact) mass is 390 g/mol.